The van der Waals surface area contributed by atoms with Gasteiger partial charge in [0.1, 0.15) is 6.54 Å². The monoisotopic (exact) mass is 527 g/mol. The van der Waals surface area contributed by atoms with Crippen molar-refractivity contribution >= 4 is 46.5 Å². The maximum atomic E-state index is 12.8. The van der Waals surface area contributed by atoms with Crippen LogP contribution in [0.25, 0.3) is 6.08 Å². The zero-order chi connectivity index (χ0) is 26.5. The quantitative estimate of drug-likeness (QED) is 0.173. The molecule has 0 bridgehead atoms. The van der Waals surface area contributed by atoms with Crippen molar-refractivity contribution in [2.45, 2.75) is 0 Å². The highest BCUT2D eigenvalue weighted by atomic mass is 32.2. The van der Waals surface area contributed by atoms with E-state index in [1.54, 1.807) is 11.0 Å². The number of benzene rings is 2. The number of amides is 3. The van der Waals surface area contributed by atoms with Crippen molar-refractivity contribution in [1.29, 1.82) is 0 Å². The summed E-state index contributed by atoms with van der Waals surface area (Å²) in [5.41, 5.74) is 0.447. The molecule has 0 aromatic heterocycles. The first kappa shape index (κ1) is 25.9. The molecule has 13 heteroatoms. The summed E-state index contributed by atoms with van der Waals surface area (Å²) in [7, 11) is 1.37. The van der Waals surface area contributed by atoms with E-state index >= 15 is 0 Å². The molecule has 192 valence electrons. The number of morpholine rings is 1. The van der Waals surface area contributed by atoms with E-state index < -0.39 is 22.0 Å². The number of nitrogens with zero attached hydrogens (tertiary/aromatic N) is 3. The molecular formula is C24H21N3O9S. The summed E-state index contributed by atoms with van der Waals surface area (Å²) in [6.07, 6.45) is 1.48. The van der Waals surface area contributed by atoms with Gasteiger partial charge in [-0.2, -0.15) is 0 Å². The van der Waals surface area contributed by atoms with Gasteiger partial charge in [-0.3, -0.25) is 29.4 Å². The smallest absolute Gasteiger partial charge is 0.343 e. The van der Waals surface area contributed by atoms with Gasteiger partial charge in [0, 0.05) is 25.2 Å². The lowest BCUT2D eigenvalue weighted by Gasteiger charge is -2.28. The topological polar surface area (TPSA) is 146 Å². The minimum atomic E-state index is -0.744. The molecule has 0 unspecified atom stereocenters. The van der Waals surface area contributed by atoms with Crippen molar-refractivity contribution < 1.29 is 38.3 Å². The number of rotatable bonds is 7. The van der Waals surface area contributed by atoms with Crippen LogP contribution >= 0.6 is 11.8 Å². The van der Waals surface area contributed by atoms with Crippen molar-refractivity contribution in [3.63, 3.8) is 0 Å². The molecule has 4 rings (SSSR count). The fourth-order valence-electron chi connectivity index (χ4n) is 3.57. The van der Waals surface area contributed by atoms with Crippen molar-refractivity contribution in [3.8, 4) is 11.5 Å². The molecule has 2 aliphatic rings. The van der Waals surface area contributed by atoms with Crippen molar-refractivity contribution in [2.24, 2.45) is 0 Å². The number of carbonyl (C=O) groups is 4. The molecule has 0 spiro atoms. The Morgan fingerprint density at radius 1 is 1.11 bits per heavy atom. The van der Waals surface area contributed by atoms with E-state index in [9.17, 15) is 29.3 Å². The number of esters is 1. The lowest BCUT2D eigenvalue weighted by atomic mass is 10.1. The Kier molecular flexibility index (Phi) is 7.84. The molecule has 2 aliphatic heterocycles. The first-order valence-electron chi connectivity index (χ1n) is 11.0. The molecule has 2 saturated heterocycles. The normalized spacial score (nSPS) is 16.7. The van der Waals surface area contributed by atoms with E-state index in [0.717, 1.165) is 16.7 Å². The number of nitro benzene ring substituents is 1. The average molecular weight is 528 g/mol. The number of hydrogen-bond acceptors (Lipinski definition) is 10. The summed E-state index contributed by atoms with van der Waals surface area (Å²) < 4.78 is 15.9. The Morgan fingerprint density at radius 3 is 2.46 bits per heavy atom. The third-order valence-electron chi connectivity index (χ3n) is 5.53. The average Bonchev–Trinajstić information content (AvgIpc) is 3.17. The summed E-state index contributed by atoms with van der Waals surface area (Å²) in [5, 5.41) is 10.2. The zero-order valence-corrected chi connectivity index (χ0v) is 20.4. The van der Waals surface area contributed by atoms with Crippen LogP contribution in [0.2, 0.25) is 0 Å². The summed E-state index contributed by atoms with van der Waals surface area (Å²) in [6, 6.07) is 9.48. The van der Waals surface area contributed by atoms with E-state index in [1.165, 1.54) is 49.6 Å². The number of ether oxygens (including phenoxy) is 3. The molecule has 0 aliphatic carbocycles. The molecule has 3 amide bonds. The third kappa shape index (κ3) is 5.95. The van der Waals surface area contributed by atoms with Crippen molar-refractivity contribution in [1.82, 2.24) is 9.80 Å². The second-order valence-corrected chi connectivity index (χ2v) is 8.86. The molecule has 12 nitrogen and oxygen atoms in total. The Bertz CT molecular complexity index is 1290. The molecule has 0 N–H and O–H groups in total. The number of non-ortho nitro benzene ring substituents is 1. The van der Waals surface area contributed by atoms with Crippen LogP contribution in [0.4, 0.5) is 10.5 Å². The predicted molar refractivity (Wildman–Crippen MR) is 131 cm³/mol. The van der Waals surface area contributed by atoms with Crippen LogP contribution in [-0.4, -0.2) is 77.7 Å². The van der Waals surface area contributed by atoms with Gasteiger partial charge in [0.25, 0.3) is 16.8 Å². The third-order valence-corrected chi connectivity index (χ3v) is 6.44. The minimum absolute atomic E-state index is 0.0900. The lowest BCUT2D eigenvalue weighted by Crippen LogP contribution is -2.46. The molecule has 0 atom stereocenters. The predicted octanol–water partition coefficient (Wildman–Crippen LogP) is 2.72. The fourth-order valence-corrected chi connectivity index (χ4v) is 4.41. The van der Waals surface area contributed by atoms with Crippen LogP contribution in [0, 0.1) is 10.1 Å². The Balaban J connectivity index is 1.45. The van der Waals surface area contributed by atoms with E-state index in [4.69, 9.17) is 14.2 Å². The highest BCUT2D eigenvalue weighted by molar-refractivity contribution is 8.18. The van der Waals surface area contributed by atoms with Crippen LogP contribution in [-0.2, 0) is 14.3 Å². The van der Waals surface area contributed by atoms with Gasteiger partial charge < -0.3 is 19.1 Å². The van der Waals surface area contributed by atoms with Gasteiger partial charge in [0.15, 0.2) is 11.5 Å². The SMILES string of the molecule is COc1cc(/C=C2\SC(=O)N(CC(=O)N3CCOCC3)C2=O)ccc1OC(=O)c1ccc([N+](=O)[O-])cc1. The van der Waals surface area contributed by atoms with Crippen molar-refractivity contribution in [2.75, 3.05) is 40.0 Å². The van der Waals surface area contributed by atoms with Gasteiger partial charge >= 0.3 is 5.97 Å². The Labute approximate surface area is 214 Å². The highest BCUT2D eigenvalue weighted by Gasteiger charge is 2.37. The Hall–Kier alpha value is -4.23. The Morgan fingerprint density at radius 2 is 1.81 bits per heavy atom. The van der Waals surface area contributed by atoms with E-state index in [-0.39, 0.29) is 40.1 Å². The standard InChI is InChI=1S/C24H21N3O9S/c1-34-19-12-15(2-7-18(19)36-23(30)16-3-5-17(6-4-16)27(32)33)13-20-22(29)26(24(31)37-20)14-21(28)25-8-10-35-11-9-25/h2-7,12-13H,8-11,14H2,1H3/b20-13-. The van der Waals surface area contributed by atoms with Crippen LogP contribution in [0.5, 0.6) is 11.5 Å². The van der Waals surface area contributed by atoms with Crippen molar-refractivity contribution in [3.05, 3.63) is 68.6 Å². The number of methoxy groups -OCH3 is 1. The summed E-state index contributed by atoms with van der Waals surface area (Å²) in [6.45, 7) is 1.30. The molecule has 0 saturated carbocycles. The molecule has 2 fully saturated rings. The van der Waals surface area contributed by atoms with Crippen LogP contribution in [0.1, 0.15) is 15.9 Å². The second-order valence-electron chi connectivity index (χ2n) is 7.86. The minimum Gasteiger partial charge on any atom is -0.493 e. The van der Waals surface area contributed by atoms with Crippen LogP contribution < -0.4 is 9.47 Å². The number of nitro groups is 1. The van der Waals surface area contributed by atoms with Gasteiger partial charge in [-0.05, 0) is 47.7 Å². The molecule has 2 aromatic rings. The zero-order valence-electron chi connectivity index (χ0n) is 19.6. The second kappa shape index (κ2) is 11.2. The first-order chi connectivity index (χ1) is 17.8. The first-order valence-corrected chi connectivity index (χ1v) is 11.8. The maximum Gasteiger partial charge on any atom is 0.343 e. The number of imide groups is 1. The number of carbonyl (C=O) groups excluding carboxylic acids is 4. The largest absolute Gasteiger partial charge is 0.493 e. The van der Waals surface area contributed by atoms with Gasteiger partial charge in [0.2, 0.25) is 5.91 Å². The summed E-state index contributed by atoms with van der Waals surface area (Å²) >= 11 is 0.723. The molecule has 2 heterocycles. The van der Waals surface area contributed by atoms with Crippen LogP contribution in [0.3, 0.4) is 0 Å². The van der Waals surface area contributed by atoms with Gasteiger partial charge in [-0.25, -0.2) is 4.79 Å². The highest BCUT2D eigenvalue weighted by Crippen LogP contribution is 2.35. The number of hydrogen-bond donors (Lipinski definition) is 0. The molecule has 37 heavy (non-hydrogen) atoms. The summed E-state index contributed by atoms with van der Waals surface area (Å²) in [4.78, 5) is 63.0. The maximum absolute atomic E-state index is 12.8. The van der Waals surface area contributed by atoms with Gasteiger partial charge in [-0.1, -0.05) is 6.07 Å². The van der Waals surface area contributed by atoms with E-state index in [2.05, 4.69) is 0 Å². The lowest BCUT2D eigenvalue weighted by molar-refractivity contribution is -0.384. The molecule has 0 radical (unpaired) electrons. The molecule has 2 aromatic carbocycles. The van der Waals surface area contributed by atoms with Gasteiger partial charge in [-0.15, -0.1) is 0 Å². The fraction of sp³-hybridized carbons (Fsp3) is 0.250. The van der Waals surface area contributed by atoms with E-state index in [1.807, 2.05) is 0 Å². The number of thioether (sulfide) groups is 1. The summed E-state index contributed by atoms with van der Waals surface area (Å²) in [5.74, 6) is -1.37. The van der Waals surface area contributed by atoms with Crippen LogP contribution in [0.15, 0.2) is 47.4 Å². The molecular weight excluding hydrogens is 506 g/mol. The van der Waals surface area contributed by atoms with E-state index in [0.29, 0.717) is 31.9 Å². The van der Waals surface area contributed by atoms with Gasteiger partial charge in [0.05, 0.1) is 35.7 Å².